The van der Waals surface area contributed by atoms with Gasteiger partial charge in [0.1, 0.15) is 0 Å². The first kappa shape index (κ1) is 11.9. The van der Waals surface area contributed by atoms with E-state index in [1.54, 1.807) is 0 Å². The van der Waals surface area contributed by atoms with Crippen molar-refractivity contribution < 1.29 is 9.31 Å². The van der Waals surface area contributed by atoms with Gasteiger partial charge in [0.25, 0.3) is 0 Å². The second-order valence-corrected chi connectivity index (χ2v) is 4.61. The van der Waals surface area contributed by atoms with Gasteiger partial charge in [-0.25, -0.2) is 0 Å². The zero-order valence-corrected chi connectivity index (χ0v) is 9.56. The lowest BCUT2D eigenvalue weighted by Gasteiger charge is -2.31. The predicted octanol–water partition coefficient (Wildman–Crippen LogP) is 2.11. The van der Waals surface area contributed by atoms with Crippen molar-refractivity contribution in [3.63, 3.8) is 0 Å². The van der Waals surface area contributed by atoms with Crippen molar-refractivity contribution >= 4 is 18.7 Å². The van der Waals surface area contributed by atoms with Gasteiger partial charge < -0.3 is 9.31 Å². The Balaban J connectivity index is 2.24. The highest BCUT2D eigenvalue weighted by Crippen LogP contribution is 2.20. The van der Waals surface area contributed by atoms with Crippen LogP contribution in [0.3, 0.4) is 0 Å². The van der Waals surface area contributed by atoms with Gasteiger partial charge in [-0.3, -0.25) is 0 Å². The first-order valence-electron chi connectivity index (χ1n) is 4.92. The maximum atomic E-state index is 5.53. The van der Waals surface area contributed by atoms with Gasteiger partial charge in [-0.05, 0) is 6.42 Å². The molecule has 2 nitrogen and oxygen atoms in total. The van der Waals surface area contributed by atoms with Crippen LogP contribution in [0, 0.1) is 17.2 Å². The molecule has 0 N–H and O–H groups in total. The molecular weight excluding hydrogens is 198 g/mol. The Kier molecular flexibility index (Phi) is 4.81. The third kappa shape index (κ3) is 4.37. The molecule has 0 amide bonds. The van der Waals surface area contributed by atoms with Gasteiger partial charge in [0.05, 0.1) is 0 Å². The summed E-state index contributed by atoms with van der Waals surface area (Å²) < 4.78 is 10.9. The van der Waals surface area contributed by atoms with Gasteiger partial charge in [0, 0.05) is 30.9 Å². The Labute approximate surface area is 91.4 Å². The molecule has 78 valence electrons. The zero-order valence-electron chi connectivity index (χ0n) is 8.81. The molecule has 0 bridgehead atoms. The summed E-state index contributed by atoms with van der Waals surface area (Å²) in [7, 11) is -0.335. The van der Waals surface area contributed by atoms with Crippen LogP contribution in [0.25, 0.3) is 0 Å². The normalized spacial score (nSPS) is 20.1. The summed E-state index contributed by atoms with van der Waals surface area (Å²) in [4.78, 5) is 0. The highest BCUT2D eigenvalue weighted by Gasteiger charge is 2.30. The van der Waals surface area contributed by atoms with Gasteiger partial charge in [0.15, 0.2) is 0 Å². The minimum atomic E-state index is -0.335. The Hall–Kier alpha value is -0.165. The van der Waals surface area contributed by atoms with Gasteiger partial charge in [-0.1, -0.05) is 19.7 Å². The number of alkyl halides is 1. The Morgan fingerprint density at radius 1 is 1.36 bits per heavy atom. The molecule has 1 aliphatic rings. The van der Waals surface area contributed by atoms with Crippen LogP contribution >= 0.6 is 11.6 Å². The van der Waals surface area contributed by atoms with Crippen molar-refractivity contribution in [1.82, 2.24) is 0 Å². The molecule has 1 aliphatic heterocycles. The van der Waals surface area contributed by atoms with E-state index in [1.165, 1.54) is 0 Å². The van der Waals surface area contributed by atoms with Crippen molar-refractivity contribution in [2.45, 2.75) is 26.7 Å². The highest BCUT2D eigenvalue weighted by atomic mass is 35.5. The number of hydrogen-bond acceptors (Lipinski definition) is 2. The molecule has 0 atom stereocenters. The first-order valence-corrected chi connectivity index (χ1v) is 5.45. The Morgan fingerprint density at radius 3 is 2.57 bits per heavy atom. The molecule has 14 heavy (non-hydrogen) atoms. The molecule has 0 radical (unpaired) electrons. The molecule has 1 rings (SSSR count). The van der Waals surface area contributed by atoms with Crippen LogP contribution in [0.15, 0.2) is 0 Å². The summed E-state index contributed by atoms with van der Waals surface area (Å²) in [6, 6.07) is 0. The van der Waals surface area contributed by atoms with Gasteiger partial charge in [-0.2, -0.15) is 0 Å². The van der Waals surface area contributed by atoms with Gasteiger partial charge in [-0.15, -0.1) is 17.5 Å². The van der Waals surface area contributed by atoms with E-state index in [2.05, 4.69) is 25.6 Å². The van der Waals surface area contributed by atoms with Crippen LogP contribution in [-0.4, -0.2) is 26.2 Å². The van der Waals surface area contributed by atoms with Crippen LogP contribution < -0.4 is 0 Å². The van der Waals surface area contributed by atoms with Crippen molar-refractivity contribution in [3.05, 3.63) is 0 Å². The summed E-state index contributed by atoms with van der Waals surface area (Å²) in [5, 5.41) is 0. The van der Waals surface area contributed by atoms with Crippen LogP contribution in [0.1, 0.15) is 26.7 Å². The summed E-state index contributed by atoms with van der Waals surface area (Å²) in [6.45, 7) is 5.65. The first-order chi connectivity index (χ1) is 6.64. The van der Waals surface area contributed by atoms with E-state index < -0.39 is 0 Å². The van der Waals surface area contributed by atoms with E-state index in [-0.39, 0.29) is 12.5 Å². The van der Waals surface area contributed by atoms with Crippen molar-refractivity contribution in [2.75, 3.05) is 19.1 Å². The zero-order chi connectivity index (χ0) is 10.4. The largest absolute Gasteiger partial charge is 0.550 e. The minimum absolute atomic E-state index is 0.119. The summed E-state index contributed by atoms with van der Waals surface area (Å²) in [5.74, 6) is 6.60. The van der Waals surface area contributed by atoms with E-state index in [9.17, 15) is 0 Å². The standard InChI is InChI=1S/C10H16BClO2/c1-10(2)8-13-11(14-9-10)6-4-3-5-7-12/h3,5,7-9H2,1-2H3. The number of halogens is 1. The SMILES string of the molecule is CC1(C)COB(C#CCCCCl)OC1. The lowest BCUT2D eigenvalue weighted by molar-refractivity contribution is 0.0347. The fourth-order valence-electron chi connectivity index (χ4n) is 1.09. The summed E-state index contributed by atoms with van der Waals surface area (Å²) in [5.41, 5.74) is 0.119. The molecule has 1 saturated heterocycles. The molecule has 0 aromatic heterocycles. The van der Waals surface area contributed by atoms with Crippen molar-refractivity contribution in [1.29, 1.82) is 0 Å². The molecule has 1 fully saturated rings. The molecule has 0 aromatic rings. The second-order valence-electron chi connectivity index (χ2n) is 4.23. The quantitative estimate of drug-likeness (QED) is 0.303. The fraction of sp³-hybridized carbons (Fsp3) is 0.800. The Morgan fingerprint density at radius 2 is 2.00 bits per heavy atom. The number of hydrogen-bond donors (Lipinski definition) is 0. The monoisotopic (exact) mass is 214 g/mol. The van der Waals surface area contributed by atoms with E-state index in [1.807, 2.05) is 0 Å². The average molecular weight is 215 g/mol. The molecule has 0 aliphatic carbocycles. The van der Waals surface area contributed by atoms with Crippen LogP contribution in [-0.2, 0) is 9.31 Å². The molecular formula is C10H16BClO2. The molecule has 0 saturated carbocycles. The summed E-state index contributed by atoms with van der Waals surface area (Å²) in [6.07, 6.45) is 1.74. The van der Waals surface area contributed by atoms with E-state index >= 15 is 0 Å². The van der Waals surface area contributed by atoms with Crippen LogP contribution in [0.5, 0.6) is 0 Å². The summed E-state index contributed by atoms with van der Waals surface area (Å²) >= 11 is 5.53. The van der Waals surface area contributed by atoms with E-state index in [0.29, 0.717) is 19.1 Å². The minimum Gasteiger partial charge on any atom is -0.400 e. The van der Waals surface area contributed by atoms with Gasteiger partial charge >= 0.3 is 7.12 Å². The fourth-order valence-corrected chi connectivity index (χ4v) is 1.22. The van der Waals surface area contributed by atoms with Crippen molar-refractivity contribution in [3.8, 4) is 11.7 Å². The number of rotatable bonds is 2. The molecule has 0 unspecified atom stereocenters. The van der Waals surface area contributed by atoms with Gasteiger partial charge in [0.2, 0.25) is 0 Å². The molecule has 0 aromatic carbocycles. The lowest BCUT2D eigenvalue weighted by atomic mass is 9.84. The second kappa shape index (κ2) is 5.65. The molecule has 1 heterocycles. The maximum absolute atomic E-state index is 5.53. The predicted molar refractivity (Wildman–Crippen MR) is 59.2 cm³/mol. The third-order valence-corrected chi connectivity index (χ3v) is 2.17. The van der Waals surface area contributed by atoms with E-state index in [0.717, 1.165) is 12.8 Å². The smallest absolute Gasteiger partial charge is 0.400 e. The van der Waals surface area contributed by atoms with Crippen molar-refractivity contribution in [2.24, 2.45) is 5.41 Å². The topological polar surface area (TPSA) is 18.5 Å². The number of unbranched alkanes of at least 4 members (excludes halogenated alkanes) is 1. The molecule has 0 spiro atoms. The van der Waals surface area contributed by atoms with Crippen LogP contribution in [0.4, 0.5) is 0 Å². The molecule has 4 heteroatoms. The maximum Gasteiger partial charge on any atom is 0.550 e. The lowest BCUT2D eigenvalue weighted by Crippen LogP contribution is -2.40. The van der Waals surface area contributed by atoms with E-state index in [4.69, 9.17) is 20.9 Å². The Bertz CT molecular complexity index is 222. The third-order valence-electron chi connectivity index (χ3n) is 1.91. The average Bonchev–Trinajstić information content (AvgIpc) is 2.15. The highest BCUT2D eigenvalue weighted by molar-refractivity contribution is 6.54. The van der Waals surface area contributed by atoms with Crippen LogP contribution in [0.2, 0.25) is 0 Å².